The molecule has 0 fully saturated rings. The second-order valence-electron chi connectivity index (χ2n) is 13.9. The highest BCUT2D eigenvalue weighted by Gasteiger charge is 2.54. The van der Waals surface area contributed by atoms with Gasteiger partial charge in [-0.1, -0.05) is 103 Å². The number of anilines is 1. The van der Waals surface area contributed by atoms with E-state index in [-0.39, 0.29) is 6.61 Å². The Morgan fingerprint density at radius 3 is 1.96 bits per heavy atom. The molecule has 1 heterocycles. The van der Waals surface area contributed by atoms with E-state index in [4.69, 9.17) is 14.2 Å². The Kier molecular flexibility index (Phi) is 7.04. The molecule has 5 heteroatoms. The number of methoxy groups -OCH3 is 2. The summed E-state index contributed by atoms with van der Waals surface area (Å²) >= 11 is 0. The number of benzene rings is 7. The van der Waals surface area contributed by atoms with Crippen LogP contribution in [0.25, 0.3) is 39.1 Å². The van der Waals surface area contributed by atoms with Crippen LogP contribution in [0, 0.1) is 0 Å². The Bertz CT molecular complexity index is 2560. The quantitative estimate of drug-likeness (QED) is 0.174. The number of hydrogen-bond acceptors (Lipinski definition) is 5. The van der Waals surface area contributed by atoms with Gasteiger partial charge in [0, 0.05) is 34.3 Å². The first kappa shape index (κ1) is 31.4. The molecule has 0 radical (unpaired) electrons. The summed E-state index contributed by atoms with van der Waals surface area (Å²) in [6, 6.07) is 49.4. The summed E-state index contributed by atoms with van der Waals surface area (Å²) in [7, 11) is 3.46. The summed E-state index contributed by atoms with van der Waals surface area (Å²) < 4.78 is 19.4. The molecular weight excluding hydrogens is 655 g/mol. The maximum Gasteiger partial charge on any atom is 0.178 e. The lowest BCUT2D eigenvalue weighted by Gasteiger charge is -2.39. The molecule has 10 rings (SSSR count). The Balaban J connectivity index is 1.33. The largest absolute Gasteiger partial charge is 0.497 e. The minimum atomic E-state index is -0.929. The van der Waals surface area contributed by atoms with Gasteiger partial charge in [0.05, 0.1) is 26.2 Å². The molecule has 2 N–H and O–H groups in total. The Morgan fingerprint density at radius 1 is 0.623 bits per heavy atom. The topological polar surface area (TPSA) is 60.0 Å². The van der Waals surface area contributed by atoms with Gasteiger partial charge in [-0.05, 0) is 98.4 Å². The van der Waals surface area contributed by atoms with E-state index in [1.54, 1.807) is 14.2 Å². The third-order valence-corrected chi connectivity index (χ3v) is 11.4. The molecule has 1 aliphatic heterocycles. The van der Waals surface area contributed by atoms with Crippen LogP contribution >= 0.6 is 0 Å². The zero-order valence-corrected chi connectivity index (χ0v) is 29.5. The van der Waals surface area contributed by atoms with Crippen LogP contribution in [0.15, 0.2) is 146 Å². The highest BCUT2D eigenvalue weighted by atomic mass is 16.5. The van der Waals surface area contributed by atoms with Crippen LogP contribution in [0.1, 0.15) is 38.9 Å². The average Bonchev–Trinajstić information content (AvgIpc) is 3.70. The highest BCUT2D eigenvalue weighted by molar-refractivity contribution is 6.11. The highest BCUT2D eigenvalue weighted by Crippen LogP contribution is 2.67. The van der Waals surface area contributed by atoms with Gasteiger partial charge >= 0.3 is 0 Å². The molecule has 53 heavy (non-hydrogen) atoms. The molecule has 258 valence electrons. The average molecular weight is 692 g/mol. The monoisotopic (exact) mass is 691 g/mol. The molecule has 0 bridgehead atoms. The molecule has 0 saturated carbocycles. The summed E-state index contributed by atoms with van der Waals surface area (Å²) in [5.41, 5.74) is 12.2. The first-order valence-corrected chi connectivity index (χ1v) is 18.1. The summed E-state index contributed by atoms with van der Waals surface area (Å²) in [6.45, 7) is 0.542. The number of hydrogen-bond donors (Lipinski definition) is 2. The fourth-order valence-electron chi connectivity index (χ4n) is 9.22. The number of ether oxygens (including phenoxy) is 3. The van der Waals surface area contributed by atoms with Gasteiger partial charge in [-0.25, -0.2) is 0 Å². The molecule has 0 saturated heterocycles. The molecule has 0 amide bonds. The van der Waals surface area contributed by atoms with Crippen molar-refractivity contribution in [2.24, 2.45) is 0 Å². The SMILES string of the molecule is COc1ccc2c(c1)C1(c3ccccc3-c3ccccc31)c1c3c(c4cc(OC)ccc4c1-2)OC(c1ccccc1)(c1ccc(NCCO)cc1)C=C3. The van der Waals surface area contributed by atoms with E-state index in [0.717, 1.165) is 50.4 Å². The first-order chi connectivity index (χ1) is 26.1. The van der Waals surface area contributed by atoms with E-state index in [2.05, 4.69) is 151 Å². The smallest absolute Gasteiger partial charge is 0.178 e. The van der Waals surface area contributed by atoms with E-state index in [9.17, 15) is 5.11 Å². The van der Waals surface area contributed by atoms with Crippen molar-refractivity contribution in [1.82, 2.24) is 0 Å². The van der Waals surface area contributed by atoms with E-state index in [1.165, 1.54) is 44.5 Å². The zero-order valence-electron chi connectivity index (χ0n) is 29.5. The van der Waals surface area contributed by atoms with Crippen molar-refractivity contribution in [3.63, 3.8) is 0 Å². The van der Waals surface area contributed by atoms with Crippen LogP contribution in [0.4, 0.5) is 5.69 Å². The van der Waals surface area contributed by atoms with Gasteiger partial charge in [-0.3, -0.25) is 0 Å². The summed E-state index contributed by atoms with van der Waals surface area (Å²) in [5.74, 6) is 2.40. The molecule has 1 unspecified atom stereocenters. The second-order valence-corrected chi connectivity index (χ2v) is 13.9. The predicted octanol–water partition coefficient (Wildman–Crippen LogP) is 9.95. The molecule has 2 aliphatic carbocycles. The summed E-state index contributed by atoms with van der Waals surface area (Å²) in [6.07, 6.45) is 4.53. The Morgan fingerprint density at radius 2 is 1.26 bits per heavy atom. The maximum atomic E-state index is 9.42. The van der Waals surface area contributed by atoms with Crippen LogP contribution in [0.2, 0.25) is 0 Å². The van der Waals surface area contributed by atoms with Gasteiger partial charge in [0.1, 0.15) is 17.2 Å². The van der Waals surface area contributed by atoms with Crippen molar-refractivity contribution < 1.29 is 19.3 Å². The minimum Gasteiger partial charge on any atom is -0.497 e. The molecule has 7 aromatic rings. The molecular formula is C48H37NO4. The van der Waals surface area contributed by atoms with Crippen molar-refractivity contribution in [3.8, 4) is 39.5 Å². The van der Waals surface area contributed by atoms with Gasteiger partial charge in [0.25, 0.3) is 0 Å². The van der Waals surface area contributed by atoms with E-state index >= 15 is 0 Å². The Labute approximate surface area is 308 Å². The van der Waals surface area contributed by atoms with Gasteiger partial charge in [-0.15, -0.1) is 0 Å². The zero-order chi connectivity index (χ0) is 35.7. The van der Waals surface area contributed by atoms with Gasteiger partial charge in [0.15, 0.2) is 5.60 Å². The molecule has 3 aliphatic rings. The lowest BCUT2D eigenvalue weighted by molar-refractivity contribution is 0.163. The molecule has 1 spiro atoms. The van der Waals surface area contributed by atoms with Gasteiger partial charge < -0.3 is 24.6 Å². The predicted molar refractivity (Wildman–Crippen MR) is 212 cm³/mol. The first-order valence-electron chi connectivity index (χ1n) is 18.1. The number of nitrogens with one attached hydrogen (secondary N) is 1. The van der Waals surface area contributed by atoms with Crippen LogP contribution in [-0.2, 0) is 11.0 Å². The van der Waals surface area contributed by atoms with Crippen molar-refractivity contribution in [2.45, 2.75) is 11.0 Å². The van der Waals surface area contributed by atoms with Gasteiger partial charge in [-0.2, -0.15) is 0 Å². The molecule has 5 nitrogen and oxygen atoms in total. The van der Waals surface area contributed by atoms with Crippen LogP contribution in [0.5, 0.6) is 17.2 Å². The lowest BCUT2D eigenvalue weighted by atomic mass is 9.68. The standard InChI is InChI=1S/C48H37NO4/c1-51-33-20-22-37-40(28-33)46-39(24-25-47(53-46,30-10-4-3-5-11-30)31-16-18-32(19-17-31)49-26-27-50)45-44(37)38-23-21-34(52-2)29-43(38)48(45)41-14-8-6-12-35(41)36-13-7-9-15-42(36)48/h3-25,28-29,49-50H,26-27H2,1-2H3. The van der Waals surface area contributed by atoms with Crippen molar-refractivity contribution in [1.29, 1.82) is 0 Å². The molecule has 1 atom stereocenters. The van der Waals surface area contributed by atoms with Crippen LogP contribution < -0.4 is 19.5 Å². The number of fused-ring (bicyclic) bond motifs is 15. The lowest BCUT2D eigenvalue weighted by Crippen LogP contribution is -2.35. The molecule has 0 aromatic heterocycles. The number of aliphatic hydroxyl groups is 1. The van der Waals surface area contributed by atoms with E-state index in [1.807, 2.05) is 6.07 Å². The Hall–Kier alpha value is -6.30. The fourth-order valence-corrected chi connectivity index (χ4v) is 9.22. The van der Waals surface area contributed by atoms with Crippen molar-refractivity contribution >= 4 is 22.5 Å². The fraction of sp³-hybridized carbons (Fsp3) is 0.125. The third kappa shape index (κ3) is 4.29. The summed E-state index contributed by atoms with van der Waals surface area (Å²) in [5, 5.41) is 14.8. The van der Waals surface area contributed by atoms with Crippen LogP contribution in [0.3, 0.4) is 0 Å². The van der Waals surface area contributed by atoms with E-state index in [0.29, 0.717) is 6.54 Å². The normalized spacial score (nSPS) is 16.7. The second kappa shape index (κ2) is 11.9. The van der Waals surface area contributed by atoms with E-state index < -0.39 is 11.0 Å². The number of aliphatic hydroxyl groups excluding tert-OH is 1. The minimum absolute atomic E-state index is 0.0618. The van der Waals surface area contributed by atoms with Crippen LogP contribution in [-0.4, -0.2) is 32.5 Å². The third-order valence-electron chi connectivity index (χ3n) is 11.4. The molecule has 7 aromatic carbocycles. The maximum absolute atomic E-state index is 9.42. The number of rotatable bonds is 7. The van der Waals surface area contributed by atoms with Gasteiger partial charge in [0.2, 0.25) is 0 Å². The van der Waals surface area contributed by atoms with Crippen molar-refractivity contribution in [3.05, 3.63) is 185 Å². The summed E-state index contributed by atoms with van der Waals surface area (Å²) in [4.78, 5) is 0. The van der Waals surface area contributed by atoms with Crippen molar-refractivity contribution in [2.75, 3.05) is 32.7 Å².